The van der Waals surface area contributed by atoms with Gasteiger partial charge in [0.25, 0.3) is 0 Å². The van der Waals surface area contributed by atoms with Crippen molar-refractivity contribution in [2.45, 2.75) is 20.0 Å². The second-order valence-electron chi connectivity index (χ2n) is 4.00. The number of para-hydroxylation sites is 1. The van der Waals surface area contributed by atoms with Gasteiger partial charge in [0.15, 0.2) is 0 Å². The highest BCUT2D eigenvalue weighted by molar-refractivity contribution is 6.34. The molecule has 0 radical (unpaired) electrons. The zero-order chi connectivity index (χ0) is 13.5. The van der Waals surface area contributed by atoms with Crippen LogP contribution < -0.4 is 10.2 Å². The molecule has 1 atom stereocenters. The zero-order valence-electron chi connectivity index (χ0n) is 10.8. The quantitative estimate of drug-likeness (QED) is 0.757. The SMILES string of the molecule is CCN(CC)c1c(Cl)cccc1NCC(O)CCl. The van der Waals surface area contributed by atoms with E-state index in [1.54, 1.807) is 0 Å². The maximum atomic E-state index is 9.49. The Morgan fingerprint density at radius 1 is 1.33 bits per heavy atom. The summed E-state index contributed by atoms with van der Waals surface area (Å²) in [5.74, 6) is 0.216. The van der Waals surface area contributed by atoms with Gasteiger partial charge in [-0.15, -0.1) is 11.6 Å². The van der Waals surface area contributed by atoms with Crippen molar-refractivity contribution in [2.75, 3.05) is 35.7 Å². The van der Waals surface area contributed by atoms with Crippen LogP contribution in [-0.4, -0.2) is 36.7 Å². The normalized spacial score (nSPS) is 12.3. The van der Waals surface area contributed by atoms with Crippen LogP contribution >= 0.6 is 23.2 Å². The number of aliphatic hydroxyl groups is 1. The van der Waals surface area contributed by atoms with E-state index in [-0.39, 0.29) is 5.88 Å². The third-order valence-electron chi connectivity index (χ3n) is 2.77. The van der Waals surface area contributed by atoms with E-state index in [1.165, 1.54) is 0 Å². The molecule has 0 fully saturated rings. The van der Waals surface area contributed by atoms with Crippen LogP contribution in [0, 0.1) is 0 Å². The fraction of sp³-hybridized carbons (Fsp3) is 0.538. The molecule has 18 heavy (non-hydrogen) atoms. The molecule has 1 unspecified atom stereocenters. The Balaban J connectivity index is 2.92. The lowest BCUT2D eigenvalue weighted by atomic mass is 10.2. The molecule has 0 heterocycles. The lowest BCUT2D eigenvalue weighted by Gasteiger charge is -2.26. The summed E-state index contributed by atoms with van der Waals surface area (Å²) < 4.78 is 0. The van der Waals surface area contributed by atoms with E-state index in [2.05, 4.69) is 24.1 Å². The summed E-state index contributed by atoms with van der Waals surface area (Å²) in [6.45, 7) is 6.35. The number of halogens is 2. The molecule has 1 rings (SSSR count). The highest BCUT2D eigenvalue weighted by Gasteiger charge is 2.13. The molecular formula is C13H20Cl2N2O. The molecular weight excluding hydrogens is 271 g/mol. The first kappa shape index (κ1) is 15.4. The van der Waals surface area contributed by atoms with E-state index < -0.39 is 6.10 Å². The number of nitrogens with zero attached hydrogens (tertiary/aromatic N) is 1. The van der Waals surface area contributed by atoms with Crippen LogP contribution in [0.3, 0.4) is 0 Å². The molecule has 0 spiro atoms. The van der Waals surface area contributed by atoms with Crippen molar-refractivity contribution in [2.24, 2.45) is 0 Å². The van der Waals surface area contributed by atoms with Gasteiger partial charge in [-0.1, -0.05) is 17.7 Å². The van der Waals surface area contributed by atoms with Crippen LogP contribution in [0.25, 0.3) is 0 Å². The first-order valence-electron chi connectivity index (χ1n) is 6.15. The molecule has 0 saturated heterocycles. The molecule has 0 saturated carbocycles. The highest BCUT2D eigenvalue weighted by atomic mass is 35.5. The molecule has 1 aromatic carbocycles. The minimum absolute atomic E-state index is 0.216. The molecule has 3 nitrogen and oxygen atoms in total. The minimum atomic E-state index is -0.560. The summed E-state index contributed by atoms with van der Waals surface area (Å²) in [5.41, 5.74) is 1.90. The molecule has 0 bridgehead atoms. The maximum Gasteiger partial charge on any atom is 0.0847 e. The molecule has 0 aromatic heterocycles. The molecule has 5 heteroatoms. The first-order valence-corrected chi connectivity index (χ1v) is 7.06. The van der Waals surface area contributed by atoms with E-state index in [0.717, 1.165) is 24.5 Å². The lowest BCUT2D eigenvalue weighted by Crippen LogP contribution is -2.26. The van der Waals surface area contributed by atoms with Crippen molar-refractivity contribution >= 4 is 34.6 Å². The predicted molar refractivity (Wildman–Crippen MR) is 80.2 cm³/mol. The van der Waals surface area contributed by atoms with Gasteiger partial charge in [-0.3, -0.25) is 0 Å². The van der Waals surface area contributed by atoms with Gasteiger partial charge in [0.1, 0.15) is 0 Å². The Morgan fingerprint density at radius 3 is 2.56 bits per heavy atom. The van der Waals surface area contributed by atoms with Crippen LogP contribution in [0.5, 0.6) is 0 Å². The Bertz CT molecular complexity index is 370. The van der Waals surface area contributed by atoms with Crippen LogP contribution in [0.4, 0.5) is 11.4 Å². The number of anilines is 2. The van der Waals surface area contributed by atoms with Crippen molar-refractivity contribution in [3.63, 3.8) is 0 Å². The van der Waals surface area contributed by atoms with Gasteiger partial charge in [0, 0.05) is 19.6 Å². The summed E-state index contributed by atoms with van der Waals surface area (Å²) in [5, 5.41) is 13.4. The highest BCUT2D eigenvalue weighted by Crippen LogP contribution is 2.33. The van der Waals surface area contributed by atoms with Crippen molar-refractivity contribution in [1.82, 2.24) is 0 Å². The number of hydrogen-bond donors (Lipinski definition) is 2. The Hall–Kier alpha value is -0.640. The Labute approximate surface area is 119 Å². The molecule has 0 amide bonds. The summed E-state index contributed by atoms with van der Waals surface area (Å²) >= 11 is 11.8. The van der Waals surface area contributed by atoms with Crippen molar-refractivity contribution in [1.29, 1.82) is 0 Å². The van der Waals surface area contributed by atoms with E-state index in [4.69, 9.17) is 23.2 Å². The number of alkyl halides is 1. The monoisotopic (exact) mass is 290 g/mol. The van der Waals surface area contributed by atoms with Crippen molar-refractivity contribution < 1.29 is 5.11 Å². The maximum absolute atomic E-state index is 9.49. The molecule has 102 valence electrons. The second-order valence-corrected chi connectivity index (χ2v) is 4.71. The van der Waals surface area contributed by atoms with E-state index in [0.29, 0.717) is 11.6 Å². The van der Waals surface area contributed by atoms with Gasteiger partial charge in [-0.05, 0) is 26.0 Å². The van der Waals surface area contributed by atoms with E-state index in [9.17, 15) is 5.11 Å². The molecule has 0 aliphatic rings. The summed E-state index contributed by atoms with van der Waals surface area (Å²) in [4.78, 5) is 2.18. The molecule has 2 N–H and O–H groups in total. The van der Waals surface area contributed by atoms with Gasteiger partial charge in [0.2, 0.25) is 0 Å². The van der Waals surface area contributed by atoms with E-state index >= 15 is 0 Å². The minimum Gasteiger partial charge on any atom is -0.390 e. The fourth-order valence-corrected chi connectivity index (χ4v) is 2.20. The summed E-state index contributed by atoms with van der Waals surface area (Å²) in [6, 6.07) is 5.73. The van der Waals surface area contributed by atoms with Gasteiger partial charge >= 0.3 is 0 Å². The van der Waals surface area contributed by atoms with Gasteiger partial charge in [0.05, 0.1) is 28.4 Å². The van der Waals surface area contributed by atoms with Crippen LogP contribution in [0.1, 0.15) is 13.8 Å². The average Bonchev–Trinajstić information content (AvgIpc) is 2.39. The molecule has 0 aliphatic carbocycles. The third-order valence-corrected chi connectivity index (χ3v) is 3.43. The van der Waals surface area contributed by atoms with E-state index in [1.807, 2.05) is 18.2 Å². The smallest absolute Gasteiger partial charge is 0.0847 e. The summed E-state index contributed by atoms with van der Waals surface area (Å²) in [7, 11) is 0. The predicted octanol–water partition coefficient (Wildman–Crippen LogP) is 3.20. The average molecular weight is 291 g/mol. The number of aliphatic hydroxyl groups excluding tert-OH is 1. The lowest BCUT2D eigenvalue weighted by molar-refractivity contribution is 0.211. The van der Waals surface area contributed by atoms with Crippen LogP contribution in [-0.2, 0) is 0 Å². The molecule has 1 aromatic rings. The number of benzene rings is 1. The standard InChI is InChI=1S/C13H20Cl2N2O/c1-3-17(4-2)13-11(15)6-5-7-12(13)16-9-10(18)8-14/h5-7,10,16,18H,3-4,8-9H2,1-2H3. The molecule has 0 aliphatic heterocycles. The van der Waals surface area contributed by atoms with Gasteiger partial charge in [-0.25, -0.2) is 0 Å². The number of rotatable bonds is 7. The fourth-order valence-electron chi connectivity index (χ4n) is 1.80. The number of nitrogens with one attached hydrogen (secondary N) is 1. The van der Waals surface area contributed by atoms with Crippen molar-refractivity contribution in [3.8, 4) is 0 Å². The number of hydrogen-bond acceptors (Lipinski definition) is 3. The third kappa shape index (κ3) is 3.94. The second kappa shape index (κ2) is 7.72. The summed E-state index contributed by atoms with van der Waals surface area (Å²) in [6.07, 6.45) is -0.560. The van der Waals surface area contributed by atoms with Crippen LogP contribution in [0.2, 0.25) is 5.02 Å². The topological polar surface area (TPSA) is 35.5 Å². The first-order chi connectivity index (χ1) is 8.63. The largest absolute Gasteiger partial charge is 0.390 e. The van der Waals surface area contributed by atoms with Gasteiger partial charge in [-0.2, -0.15) is 0 Å². The van der Waals surface area contributed by atoms with Crippen molar-refractivity contribution in [3.05, 3.63) is 23.2 Å². The van der Waals surface area contributed by atoms with Crippen LogP contribution in [0.15, 0.2) is 18.2 Å². The Kier molecular flexibility index (Phi) is 6.61. The zero-order valence-corrected chi connectivity index (χ0v) is 12.3. The van der Waals surface area contributed by atoms with Gasteiger partial charge < -0.3 is 15.3 Å². The Morgan fingerprint density at radius 2 is 2.00 bits per heavy atom.